The van der Waals surface area contributed by atoms with E-state index in [9.17, 15) is 14.7 Å². The first-order chi connectivity index (χ1) is 17.9. The van der Waals surface area contributed by atoms with Crippen LogP contribution in [0.3, 0.4) is 0 Å². The molecular formula is C30H32N2O5. The van der Waals surface area contributed by atoms with Gasteiger partial charge in [-0.1, -0.05) is 37.1 Å². The summed E-state index contributed by atoms with van der Waals surface area (Å²) in [6.07, 6.45) is 4.00. The van der Waals surface area contributed by atoms with Gasteiger partial charge in [-0.05, 0) is 79.8 Å². The van der Waals surface area contributed by atoms with Crippen LogP contribution in [-0.2, 0) is 4.79 Å². The molecule has 2 N–H and O–H groups in total. The van der Waals surface area contributed by atoms with Crippen LogP contribution >= 0.6 is 0 Å². The Morgan fingerprint density at radius 2 is 1.62 bits per heavy atom. The lowest BCUT2D eigenvalue weighted by molar-refractivity contribution is -0.123. The molecule has 1 heterocycles. The standard InChI is InChI=1S/C30H32N2O5/c1-19-7-8-20(2)25(17-19)32(30(35)22-11-14-26-27(18-22)37-16-15-36-26)28(21-9-12-24(33)13-10-21)29(34)31-23-5-3-4-6-23/h7-14,17-18,23,28,33H,3-6,15-16H2,1-2H3,(H,31,34). The molecule has 0 radical (unpaired) electrons. The molecule has 7 heteroatoms. The molecule has 0 saturated heterocycles. The number of aromatic hydroxyl groups is 1. The van der Waals surface area contributed by atoms with E-state index in [1.165, 1.54) is 0 Å². The van der Waals surface area contributed by atoms with Crippen molar-refractivity contribution in [3.05, 3.63) is 82.9 Å². The van der Waals surface area contributed by atoms with Crippen LogP contribution in [0.25, 0.3) is 0 Å². The van der Waals surface area contributed by atoms with Crippen LogP contribution in [0, 0.1) is 13.8 Å². The molecular weight excluding hydrogens is 468 g/mol. The zero-order chi connectivity index (χ0) is 25.9. The molecule has 3 aromatic carbocycles. The Labute approximate surface area is 217 Å². The second-order valence-electron chi connectivity index (χ2n) is 9.81. The molecule has 1 saturated carbocycles. The number of hydrogen-bond donors (Lipinski definition) is 2. The van der Waals surface area contributed by atoms with E-state index < -0.39 is 6.04 Å². The van der Waals surface area contributed by atoms with Crippen LogP contribution in [0.4, 0.5) is 5.69 Å². The van der Waals surface area contributed by atoms with Gasteiger partial charge < -0.3 is 19.9 Å². The molecule has 0 spiro atoms. The number of aryl methyl sites for hydroxylation is 2. The molecule has 37 heavy (non-hydrogen) atoms. The van der Waals surface area contributed by atoms with E-state index in [4.69, 9.17) is 9.47 Å². The Hall–Kier alpha value is -4.00. The number of carbonyl (C=O) groups is 2. The molecule has 192 valence electrons. The molecule has 2 amide bonds. The number of nitrogens with zero attached hydrogens (tertiary/aromatic N) is 1. The Bertz CT molecular complexity index is 1300. The summed E-state index contributed by atoms with van der Waals surface area (Å²) in [5.41, 5.74) is 3.50. The van der Waals surface area contributed by atoms with E-state index >= 15 is 0 Å². The Balaban J connectivity index is 1.63. The topological polar surface area (TPSA) is 88.1 Å². The van der Waals surface area contributed by atoms with Crippen molar-refractivity contribution in [2.24, 2.45) is 0 Å². The van der Waals surface area contributed by atoms with Crippen molar-refractivity contribution in [3.63, 3.8) is 0 Å². The third-order valence-corrected chi connectivity index (χ3v) is 7.05. The van der Waals surface area contributed by atoms with Crippen molar-refractivity contribution < 1.29 is 24.2 Å². The number of nitrogens with one attached hydrogen (secondary N) is 1. The number of benzene rings is 3. The number of ether oxygens (including phenoxy) is 2. The first-order valence-corrected chi connectivity index (χ1v) is 12.8. The van der Waals surface area contributed by atoms with Crippen LogP contribution in [0.2, 0.25) is 0 Å². The second-order valence-corrected chi connectivity index (χ2v) is 9.81. The van der Waals surface area contributed by atoms with Gasteiger partial charge in [0.25, 0.3) is 5.91 Å². The molecule has 0 aromatic heterocycles. The maximum absolute atomic E-state index is 14.3. The smallest absolute Gasteiger partial charge is 0.259 e. The molecule has 1 unspecified atom stereocenters. The SMILES string of the molecule is Cc1ccc(C)c(N(C(=O)c2ccc3c(c2)OCCO3)C(C(=O)NC2CCCC2)c2ccc(O)cc2)c1. The summed E-state index contributed by atoms with van der Waals surface area (Å²) in [4.78, 5) is 29.8. The van der Waals surface area contributed by atoms with E-state index in [0.29, 0.717) is 41.5 Å². The van der Waals surface area contributed by atoms with Crippen molar-refractivity contribution in [2.45, 2.75) is 51.6 Å². The number of fused-ring (bicyclic) bond motifs is 1. The number of phenols is 1. The van der Waals surface area contributed by atoms with Crippen LogP contribution < -0.4 is 19.7 Å². The van der Waals surface area contributed by atoms with Gasteiger partial charge >= 0.3 is 0 Å². The number of amides is 2. The minimum absolute atomic E-state index is 0.0805. The van der Waals surface area contributed by atoms with Crippen molar-refractivity contribution in [1.82, 2.24) is 5.32 Å². The molecule has 1 aliphatic carbocycles. The molecule has 3 aromatic rings. The summed E-state index contributed by atoms with van der Waals surface area (Å²) in [5, 5.41) is 13.1. The van der Waals surface area contributed by atoms with Gasteiger partial charge in [0.05, 0.1) is 0 Å². The summed E-state index contributed by atoms with van der Waals surface area (Å²) < 4.78 is 11.4. The van der Waals surface area contributed by atoms with E-state index in [0.717, 1.165) is 36.8 Å². The fraction of sp³-hybridized carbons (Fsp3) is 0.333. The lowest BCUT2D eigenvalue weighted by Crippen LogP contribution is -2.46. The highest BCUT2D eigenvalue weighted by atomic mass is 16.6. The Morgan fingerprint density at radius 1 is 0.919 bits per heavy atom. The molecule has 5 rings (SSSR count). The summed E-state index contributed by atoms with van der Waals surface area (Å²) in [5.74, 6) is 0.620. The maximum Gasteiger partial charge on any atom is 0.259 e. The third-order valence-electron chi connectivity index (χ3n) is 7.05. The van der Waals surface area contributed by atoms with Crippen LogP contribution in [0.15, 0.2) is 60.7 Å². The average Bonchev–Trinajstić information content (AvgIpc) is 3.42. The summed E-state index contributed by atoms with van der Waals surface area (Å²) in [6, 6.07) is 16.6. The highest BCUT2D eigenvalue weighted by molar-refractivity contribution is 6.10. The number of anilines is 1. The third kappa shape index (κ3) is 5.26. The lowest BCUT2D eigenvalue weighted by Gasteiger charge is -2.34. The van der Waals surface area contributed by atoms with E-state index in [2.05, 4.69) is 5.32 Å². The van der Waals surface area contributed by atoms with E-state index in [1.807, 2.05) is 32.0 Å². The van der Waals surface area contributed by atoms with Gasteiger partial charge in [-0.25, -0.2) is 0 Å². The summed E-state index contributed by atoms with van der Waals surface area (Å²) in [6.45, 7) is 4.76. The lowest BCUT2D eigenvalue weighted by atomic mass is 9.99. The number of carbonyl (C=O) groups excluding carboxylic acids is 2. The summed E-state index contributed by atoms with van der Waals surface area (Å²) in [7, 11) is 0. The highest BCUT2D eigenvalue weighted by Crippen LogP contribution is 2.36. The van der Waals surface area contributed by atoms with Gasteiger partial charge in [0.2, 0.25) is 5.91 Å². The predicted octanol–water partition coefficient (Wildman–Crippen LogP) is 5.23. The predicted molar refractivity (Wildman–Crippen MR) is 141 cm³/mol. The zero-order valence-electron chi connectivity index (χ0n) is 21.2. The maximum atomic E-state index is 14.3. The summed E-state index contributed by atoms with van der Waals surface area (Å²) >= 11 is 0. The van der Waals surface area contributed by atoms with Crippen molar-refractivity contribution in [3.8, 4) is 17.2 Å². The van der Waals surface area contributed by atoms with Gasteiger partial charge in [0.15, 0.2) is 11.5 Å². The fourth-order valence-corrected chi connectivity index (χ4v) is 5.08. The monoisotopic (exact) mass is 500 g/mol. The van der Waals surface area contributed by atoms with Gasteiger partial charge in [0, 0.05) is 17.3 Å². The van der Waals surface area contributed by atoms with Crippen LogP contribution in [-0.4, -0.2) is 36.2 Å². The minimum atomic E-state index is -0.942. The molecule has 1 atom stereocenters. The number of hydrogen-bond acceptors (Lipinski definition) is 5. The van der Waals surface area contributed by atoms with Crippen molar-refractivity contribution >= 4 is 17.5 Å². The second kappa shape index (κ2) is 10.5. The zero-order valence-corrected chi connectivity index (χ0v) is 21.2. The molecule has 0 bridgehead atoms. The highest BCUT2D eigenvalue weighted by Gasteiger charge is 2.36. The molecule has 2 aliphatic rings. The first-order valence-electron chi connectivity index (χ1n) is 12.8. The van der Waals surface area contributed by atoms with Gasteiger partial charge in [-0.15, -0.1) is 0 Å². The van der Waals surface area contributed by atoms with E-state index in [1.54, 1.807) is 47.4 Å². The van der Waals surface area contributed by atoms with Crippen molar-refractivity contribution in [2.75, 3.05) is 18.1 Å². The quantitative estimate of drug-likeness (QED) is 0.484. The minimum Gasteiger partial charge on any atom is -0.508 e. The molecule has 1 fully saturated rings. The van der Waals surface area contributed by atoms with E-state index in [-0.39, 0.29) is 23.6 Å². The molecule has 1 aliphatic heterocycles. The average molecular weight is 501 g/mol. The fourth-order valence-electron chi connectivity index (χ4n) is 5.08. The Morgan fingerprint density at radius 3 is 2.35 bits per heavy atom. The van der Waals surface area contributed by atoms with Crippen LogP contribution in [0.1, 0.15) is 58.8 Å². The van der Waals surface area contributed by atoms with Crippen LogP contribution in [0.5, 0.6) is 17.2 Å². The molecule has 7 nitrogen and oxygen atoms in total. The number of phenolic OH excluding ortho intramolecular Hbond substituents is 1. The van der Waals surface area contributed by atoms with Gasteiger partial charge in [0.1, 0.15) is 25.0 Å². The van der Waals surface area contributed by atoms with Crippen molar-refractivity contribution in [1.29, 1.82) is 0 Å². The van der Waals surface area contributed by atoms with Gasteiger partial charge in [-0.2, -0.15) is 0 Å². The normalized spacial score (nSPS) is 15.7. The first kappa shape index (κ1) is 24.7. The van der Waals surface area contributed by atoms with Gasteiger partial charge in [-0.3, -0.25) is 14.5 Å². The Kier molecular flexibility index (Phi) is 7.04. The number of rotatable bonds is 6. The largest absolute Gasteiger partial charge is 0.508 e.